The summed E-state index contributed by atoms with van der Waals surface area (Å²) in [5.74, 6) is 0.466. The van der Waals surface area contributed by atoms with Crippen molar-refractivity contribution in [2.45, 2.75) is 0 Å². The van der Waals surface area contributed by atoms with Crippen LogP contribution in [0.15, 0.2) is 4.42 Å². The molecule has 2 aromatic heterocycles. The van der Waals surface area contributed by atoms with E-state index in [0.717, 1.165) is 49.4 Å². The van der Waals surface area contributed by atoms with Gasteiger partial charge >= 0.3 is 0 Å². The molecule has 0 radical (unpaired) electrons. The number of aromatic nitrogens is 3. The molecule has 4 aromatic rings. The third-order valence-corrected chi connectivity index (χ3v) is 6.54. The topological polar surface area (TPSA) is 51.8 Å². The third-order valence-electron chi connectivity index (χ3n) is 6.21. The second-order valence-corrected chi connectivity index (χ2v) is 8.13. The van der Waals surface area contributed by atoms with Crippen molar-refractivity contribution in [1.82, 2.24) is 15.0 Å². The van der Waals surface area contributed by atoms with Crippen LogP contribution < -0.4 is 38.2 Å². The molecule has 4 rings (SSSR count). The number of nitrogens with zero attached hydrogens (tertiary/aromatic N) is 3. The van der Waals surface area contributed by atoms with Gasteiger partial charge in [0.15, 0.2) is 5.82 Å². The predicted octanol–water partition coefficient (Wildman–Crippen LogP) is -7.45. The lowest BCUT2D eigenvalue weighted by molar-refractivity contribution is 0.675. The van der Waals surface area contributed by atoms with E-state index in [1.54, 1.807) is 0 Å². The number of hydrogen-bond acceptors (Lipinski definition) is 4. The highest BCUT2D eigenvalue weighted by Gasteiger charge is 2.24. The molecule has 0 saturated carbocycles. The standard InChI is InChI=1S/C15H14B7Cl2N3O/c16-4-2-1-3(13-25-14(23)27-15(24)26-13)5(17)7(19)9(21)11(1)28-12(2)10(22)8(20)6(4)18/h16-22H2. The first-order valence-electron chi connectivity index (χ1n) is 9.13. The largest absolute Gasteiger partial charge is 0.457 e. The Morgan fingerprint density at radius 2 is 1.00 bits per heavy atom. The maximum Gasteiger partial charge on any atom is 0.227 e. The molecule has 0 saturated heterocycles. The highest BCUT2D eigenvalue weighted by molar-refractivity contribution is 6.68. The van der Waals surface area contributed by atoms with Crippen LogP contribution in [0.1, 0.15) is 0 Å². The van der Waals surface area contributed by atoms with Gasteiger partial charge in [-0.15, -0.1) is 5.46 Å². The average molecular weight is 399 g/mol. The van der Waals surface area contributed by atoms with Crippen LogP contribution in [-0.4, -0.2) is 69.9 Å². The highest BCUT2D eigenvalue weighted by atomic mass is 35.5. The molecule has 0 aliphatic heterocycles. The molecule has 0 amide bonds. The minimum Gasteiger partial charge on any atom is -0.457 e. The Morgan fingerprint density at radius 3 is 1.57 bits per heavy atom. The first-order chi connectivity index (χ1) is 13.1. The molecule has 0 spiro atoms. The quantitative estimate of drug-likeness (QED) is 0.299. The predicted molar refractivity (Wildman–Crippen MR) is 140 cm³/mol. The lowest BCUT2D eigenvalue weighted by atomic mass is 9.64. The minimum atomic E-state index is 0.0773. The molecule has 2 aromatic carbocycles. The van der Waals surface area contributed by atoms with E-state index in [2.05, 4.69) is 69.9 Å². The van der Waals surface area contributed by atoms with Gasteiger partial charge in [-0.2, -0.15) is 15.0 Å². The van der Waals surface area contributed by atoms with E-state index in [1.807, 2.05) is 0 Å². The molecule has 2 heterocycles. The van der Waals surface area contributed by atoms with Crippen molar-refractivity contribution in [3.05, 3.63) is 10.6 Å². The number of benzene rings is 2. The van der Waals surface area contributed by atoms with Gasteiger partial charge in [-0.1, -0.05) is 32.8 Å². The molecule has 0 aliphatic rings. The normalized spacial score (nSPS) is 11.5. The van der Waals surface area contributed by atoms with Crippen LogP contribution in [0.5, 0.6) is 0 Å². The zero-order valence-corrected chi connectivity index (χ0v) is 18.5. The fraction of sp³-hybridized carbons (Fsp3) is 0. The van der Waals surface area contributed by atoms with Crippen molar-refractivity contribution in [2.24, 2.45) is 0 Å². The number of furan rings is 1. The zero-order chi connectivity index (χ0) is 20.5. The number of rotatable bonds is 1. The molecule has 0 fully saturated rings. The minimum absolute atomic E-state index is 0.0773. The van der Waals surface area contributed by atoms with Gasteiger partial charge in [-0.05, 0) is 23.2 Å². The molecule has 0 N–H and O–H groups in total. The molecular formula is C15H14B7Cl2N3O. The van der Waals surface area contributed by atoms with E-state index in [-0.39, 0.29) is 10.6 Å². The monoisotopic (exact) mass is 399 g/mol. The van der Waals surface area contributed by atoms with E-state index in [4.69, 9.17) is 27.6 Å². The Bertz CT molecular complexity index is 1310. The van der Waals surface area contributed by atoms with Crippen molar-refractivity contribution in [3.63, 3.8) is 0 Å². The first kappa shape index (κ1) is 19.6. The molecule has 13 heteroatoms. The highest BCUT2D eigenvalue weighted by Crippen LogP contribution is 2.31. The summed E-state index contributed by atoms with van der Waals surface area (Å²) in [6.45, 7) is 0. The molecule has 0 atom stereocenters. The van der Waals surface area contributed by atoms with Crippen LogP contribution in [0.2, 0.25) is 10.6 Å². The molecular weight excluding hydrogens is 385 g/mol. The van der Waals surface area contributed by atoms with Crippen molar-refractivity contribution in [1.29, 1.82) is 0 Å². The van der Waals surface area contributed by atoms with Crippen LogP contribution in [0.3, 0.4) is 0 Å². The van der Waals surface area contributed by atoms with E-state index < -0.39 is 0 Å². The summed E-state index contributed by atoms with van der Waals surface area (Å²) in [5.41, 5.74) is 10.9. The van der Waals surface area contributed by atoms with Gasteiger partial charge in [0.25, 0.3) is 0 Å². The lowest BCUT2D eigenvalue weighted by Crippen LogP contribution is -2.47. The van der Waals surface area contributed by atoms with Gasteiger partial charge in [0.1, 0.15) is 66.1 Å². The van der Waals surface area contributed by atoms with Gasteiger partial charge in [0, 0.05) is 16.3 Å². The van der Waals surface area contributed by atoms with Crippen LogP contribution >= 0.6 is 23.2 Å². The molecule has 130 valence electrons. The van der Waals surface area contributed by atoms with Crippen LogP contribution in [-0.2, 0) is 0 Å². The summed E-state index contributed by atoms with van der Waals surface area (Å²) in [6, 6.07) is 0. The second-order valence-electron chi connectivity index (χ2n) is 7.46. The van der Waals surface area contributed by atoms with Crippen molar-refractivity contribution < 1.29 is 4.42 Å². The van der Waals surface area contributed by atoms with Crippen molar-refractivity contribution >= 4 is 138 Å². The number of halogens is 2. The first-order valence-corrected chi connectivity index (χ1v) is 9.88. The van der Waals surface area contributed by atoms with Crippen LogP contribution in [0.4, 0.5) is 0 Å². The van der Waals surface area contributed by atoms with Crippen molar-refractivity contribution in [3.8, 4) is 11.4 Å². The number of hydrogen-bond donors (Lipinski definition) is 0. The van der Waals surface area contributed by atoms with E-state index >= 15 is 0 Å². The lowest BCUT2D eigenvalue weighted by Gasteiger charge is -2.15. The van der Waals surface area contributed by atoms with Gasteiger partial charge in [-0.25, -0.2) is 0 Å². The van der Waals surface area contributed by atoms with E-state index in [0.29, 0.717) is 5.82 Å². The van der Waals surface area contributed by atoms with Crippen molar-refractivity contribution in [2.75, 3.05) is 0 Å². The Labute approximate surface area is 179 Å². The van der Waals surface area contributed by atoms with Crippen LogP contribution in [0.25, 0.3) is 33.3 Å². The van der Waals surface area contributed by atoms with Gasteiger partial charge in [-0.3, -0.25) is 0 Å². The maximum absolute atomic E-state index is 6.45. The fourth-order valence-corrected chi connectivity index (χ4v) is 4.38. The number of fused-ring (bicyclic) bond motifs is 3. The Morgan fingerprint density at radius 1 is 0.536 bits per heavy atom. The smallest absolute Gasteiger partial charge is 0.227 e. The Balaban J connectivity index is 2.34. The summed E-state index contributed by atoms with van der Waals surface area (Å²) in [7, 11) is 14.8. The summed E-state index contributed by atoms with van der Waals surface area (Å²) in [4.78, 5) is 12.7. The Hall–Kier alpha value is -1.72. The van der Waals surface area contributed by atoms with Gasteiger partial charge < -0.3 is 4.42 Å². The van der Waals surface area contributed by atoms with E-state index in [9.17, 15) is 0 Å². The Kier molecular flexibility index (Phi) is 4.67. The molecule has 28 heavy (non-hydrogen) atoms. The molecule has 0 unspecified atom stereocenters. The summed E-state index contributed by atoms with van der Waals surface area (Å²) in [6.07, 6.45) is 0. The molecule has 0 aliphatic carbocycles. The van der Waals surface area contributed by atoms with Gasteiger partial charge in [0.2, 0.25) is 10.6 Å². The van der Waals surface area contributed by atoms with Crippen LogP contribution in [0, 0.1) is 0 Å². The summed E-state index contributed by atoms with van der Waals surface area (Å²) in [5, 5.41) is 2.27. The molecule has 0 bridgehead atoms. The SMILES string of the molecule is Bc1c(B)c(B)c2c(oc3c(B)c(B)c(B)c(-c4nc(Cl)nc(Cl)n4)c32)c1B. The zero-order valence-electron chi connectivity index (χ0n) is 17.0. The average Bonchev–Trinajstić information content (AvgIpc) is 3.02. The maximum atomic E-state index is 6.45. The molecule has 4 nitrogen and oxygen atoms in total. The summed E-state index contributed by atoms with van der Waals surface area (Å²) >= 11 is 12.2. The van der Waals surface area contributed by atoms with Gasteiger partial charge in [0.05, 0.1) is 0 Å². The summed E-state index contributed by atoms with van der Waals surface area (Å²) < 4.78 is 6.45. The third kappa shape index (κ3) is 2.67. The van der Waals surface area contributed by atoms with E-state index in [1.165, 1.54) is 16.4 Å². The fourth-order valence-electron chi connectivity index (χ4n) is 4.02. The second kappa shape index (κ2) is 6.67.